The molecular weight excluding hydrogens is 351 g/mol. The molecule has 0 unspecified atom stereocenters. The molecule has 1 aromatic carbocycles. The van der Waals surface area contributed by atoms with Crippen LogP contribution in [0.3, 0.4) is 0 Å². The van der Waals surface area contributed by atoms with Crippen LogP contribution in [0.1, 0.15) is 26.7 Å². The first-order chi connectivity index (χ1) is 11.9. The average molecular weight is 363 g/mol. The molecule has 9 heteroatoms. The zero-order valence-electron chi connectivity index (χ0n) is 13.1. The van der Waals surface area contributed by atoms with Gasteiger partial charge in [-0.2, -0.15) is 28.7 Å². The van der Waals surface area contributed by atoms with Gasteiger partial charge in [-0.05, 0) is 31.0 Å². The predicted octanol–water partition coefficient (Wildman–Crippen LogP) is 3.91. The van der Waals surface area contributed by atoms with Crippen molar-refractivity contribution in [3.8, 4) is 17.5 Å². The molecule has 0 aliphatic heterocycles. The number of halogens is 3. The van der Waals surface area contributed by atoms with E-state index >= 15 is 0 Å². The van der Waals surface area contributed by atoms with E-state index in [-0.39, 0.29) is 5.69 Å². The first kappa shape index (κ1) is 17.1. The van der Waals surface area contributed by atoms with E-state index in [0.29, 0.717) is 24.2 Å². The van der Waals surface area contributed by atoms with Crippen molar-refractivity contribution in [2.45, 2.75) is 25.9 Å². The standard InChI is InChI=1S/C16H12F3N5S/c1-9-14(15-12(8-20)22-24-23-15)21-13(25-9)7-4-10-2-5-11(6-3-10)16(17,18)19/h2-3,5-6H,4,7H2,1H3,(H,22,23,24). The Balaban J connectivity index is 1.73. The molecule has 5 nitrogen and oxygen atoms in total. The van der Waals surface area contributed by atoms with E-state index in [1.165, 1.54) is 23.5 Å². The molecule has 3 rings (SSSR count). The van der Waals surface area contributed by atoms with Crippen LogP contribution < -0.4 is 0 Å². The lowest BCUT2D eigenvalue weighted by molar-refractivity contribution is -0.137. The lowest BCUT2D eigenvalue weighted by Gasteiger charge is -2.07. The van der Waals surface area contributed by atoms with Crippen LogP contribution in [0.15, 0.2) is 24.3 Å². The number of nitrogens with one attached hydrogen (secondary N) is 1. The molecule has 0 amide bonds. The van der Waals surface area contributed by atoms with Gasteiger partial charge >= 0.3 is 6.18 Å². The molecule has 0 fully saturated rings. The van der Waals surface area contributed by atoms with Gasteiger partial charge in [0.2, 0.25) is 0 Å². The number of thiazole rings is 1. The molecule has 0 spiro atoms. The van der Waals surface area contributed by atoms with Crippen LogP contribution in [-0.4, -0.2) is 20.4 Å². The molecule has 0 saturated carbocycles. The maximum atomic E-state index is 12.6. The maximum absolute atomic E-state index is 12.6. The Kier molecular flexibility index (Phi) is 4.55. The van der Waals surface area contributed by atoms with Gasteiger partial charge in [0, 0.05) is 11.3 Å². The summed E-state index contributed by atoms with van der Waals surface area (Å²) in [5.74, 6) is 0. The van der Waals surface area contributed by atoms with E-state index in [1.54, 1.807) is 0 Å². The van der Waals surface area contributed by atoms with E-state index < -0.39 is 11.7 Å². The first-order valence-corrected chi connectivity index (χ1v) is 8.14. The van der Waals surface area contributed by atoms with E-state index in [2.05, 4.69) is 20.4 Å². The molecule has 2 heterocycles. The Morgan fingerprint density at radius 2 is 1.84 bits per heavy atom. The highest BCUT2D eigenvalue weighted by Gasteiger charge is 2.29. The normalized spacial score (nSPS) is 11.5. The van der Waals surface area contributed by atoms with Crippen molar-refractivity contribution in [2.75, 3.05) is 0 Å². The summed E-state index contributed by atoms with van der Waals surface area (Å²) >= 11 is 1.48. The third-order valence-electron chi connectivity index (χ3n) is 3.63. The molecule has 128 valence electrons. The number of rotatable bonds is 4. The lowest BCUT2D eigenvalue weighted by Crippen LogP contribution is -2.04. The second kappa shape index (κ2) is 6.64. The van der Waals surface area contributed by atoms with Gasteiger partial charge in [0.05, 0.1) is 10.6 Å². The second-order valence-electron chi connectivity index (χ2n) is 5.34. The quantitative estimate of drug-likeness (QED) is 0.762. The van der Waals surface area contributed by atoms with Crippen molar-refractivity contribution in [2.24, 2.45) is 0 Å². The summed E-state index contributed by atoms with van der Waals surface area (Å²) < 4.78 is 37.7. The average Bonchev–Trinajstić information content (AvgIpc) is 3.18. The van der Waals surface area contributed by atoms with Crippen LogP contribution in [0.2, 0.25) is 0 Å². The number of nitriles is 1. The van der Waals surface area contributed by atoms with E-state index in [9.17, 15) is 13.2 Å². The molecule has 2 aromatic heterocycles. The Labute approximate surface area is 145 Å². The molecule has 3 aromatic rings. The molecule has 0 aliphatic rings. The van der Waals surface area contributed by atoms with Gasteiger partial charge in [0.15, 0.2) is 11.4 Å². The molecule has 0 aliphatic carbocycles. The number of nitrogens with zero attached hydrogens (tertiary/aromatic N) is 4. The van der Waals surface area contributed by atoms with Crippen molar-refractivity contribution in [1.29, 1.82) is 5.26 Å². The Hall–Kier alpha value is -2.73. The number of aromatic amines is 1. The van der Waals surface area contributed by atoms with Gasteiger partial charge in [-0.1, -0.05) is 12.1 Å². The van der Waals surface area contributed by atoms with E-state index in [0.717, 1.165) is 27.6 Å². The summed E-state index contributed by atoms with van der Waals surface area (Å²) in [6, 6.07) is 7.09. The van der Waals surface area contributed by atoms with Crippen LogP contribution in [0.25, 0.3) is 11.4 Å². The van der Waals surface area contributed by atoms with Gasteiger partial charge in [-0.25, -0.2) is 4.98 Å². The van der Waals surface area contributed by atoms with Gasteiger partial charge in [-0.3, -0.25) is 0 Å². The number of hydrogen-bond acceptors (Lipinski definition) is 5. The van der Waals surface area contributed by atoms with Crippen LogP contribution in [0, 0.1) is 18.3 Å². The predicted molar refractivity (Wildman–Crippen MR) is 85.8 cm³/mol. The summed E-state index contributed by atoms with van der Waals surface area (Å²) in [7, 11) is 0. The topological polar surface area (TPSA) is 78.2 Å². The lowest BCUT2D eigenvalue weighted by atomic mass is 10.1. The number of aromatic nitrogens is 4. The van der Waals surface area contributed by atoms with Crippen LogP contribution in [0.4, 0.5) is 13.2 Å². The minimum absolute atomic E-state index is 0.183. The van der Waals surface area contributed by atoms with Crippen LogP contribution in [-0.2, 0) is 19.0 Å². The highest BCUT2D eigenvalue weighted by molar-refractivity contribution is 7.12. The highest BCUT2D eigenvalue weighted by Crippen LogP contribution is 2.30. The fraction of sp³-hybridized carbons (Fsp3) is 0.250. The molecule has 25 heavy (non-hydrogen) atoms. The largest absolute Gasteiger partial charge is 0.416 e. The third-order valence-corrected chi connectivity index (χ3v) is 4.66. The summed E-state index contributed by atoms with van der Waals surface area (Å²) in [6.45, 7) is 1.88. The molecule has 1 N–H and O–H groups in total. The smallest absolute Gasteiger partial charge is 0.239 e. The van der Waals surface area contributed by atoms with Crippen molar-refractivity contribution < 1.29 is 13.2 Å². The second-order valence-corrected chi connectivity index (χ2v) is 6.63. The Bertz CT molecular complexity index is 919. The number of hydrogen-bond donors (Lipinski definition) is 1. The van der Waals surface area contributed by atoms with Gasteiger partial charge in [0.25, 0.3) is 0 Å². The van der Waals surface area contributed by atoms with Gasteiger partial charge in [0.1, 0.15) is 11.8 Å². The zero-order chi connectivity index (χ0) is 18.0. The molecule has 0 saturated heterocycles. The monoisotopic (exact) mass is 363 g/mol. The Morgan fingerprint density at radius 1 is 1.12 bits per heavy atom. The van der Waals surface area contributed by atoms with Crippen molar-refractivity contribution in [1.82, 2.24) is 20.4 Å². The molecule has 0 bridgehead atoms. The number of aryl methyl sites for hydroxylation is 3. The van der Waals surface area contributed by atoms with E-state index in [1.807, 2.05) is 13.0 Å². The molecule has 0 radical (unpaired) electrons. The first-order valence-electron chi connectivity index (χ1n) is 7.32. The zero-order valence-corrected chi connectivity index (χ0v) is 13.9. The van der Waals surface area contributed by atoms with Crippen molar-refractivity contribution in [3.63, 3.8) is 0 Å². The summed E-state index contributed by atoms with van der Waals surface area (Å²) in [5.41, 5.74) is 1.36. The minimum atomic E-state index is -4.32. The number of benzene rings is 1. The fourth-order valence-electron chi connectivity index (χ4n) is 2.36. The minimum Gasteiger partial charge on any atom is -0.239 e. The third kappa shape index (κ3) is 3.69. The number of alkyl halides is 3. The SMILES string of the molecule is Cc1sc(CCc2ccc(C(F)(F)F)cc2)nc1-c1n[nH]nc1C#N. The van der Waals surface area contributed by atoms with Gasteiger partial charge in [-0.15, -0.1) is 16.4 Å². The highest BCUT2D eigenvalue weighted by atomic mass is 32.1. The molecular formula is C16H12F3N5S. The number of H-pyrrole nitrogens is 1. The van der Waals surface area contributed by atoms with Gasteiger partial charge < -0.3 is 0 Å². The summed E-state index contributed by atoms with van der Waals surface area (Å²) in [5, 5.41) is 20.0. The molecule has 0 atom stereocenters. The maximum Gasteiger partial charge on any atom is 0.416 e. The van der Waals surface area contributed by atoms with Crippen LogP contribution in [0.5, 0.6) is 0 Å². The Morgan fingerprint density at radius 3 is 2.48 bits per heavy atom. The van der Waals surface area contributed by atoms with Crippen molar-refractivity contribution in [3.05, 3.63) is 51.0 Å². The van der Waals surface area contributed by atoms with E-state index in [4.69, 9.17) is 5.26 Å². The van der Waals surface area contributed by atoms with Crippen LogP contribution >= 0.6 is 11.3 Å². The summed E-state index contributed by atoms with van der Waals surface area (Å²) in [4.78, 5) is 5.41. The van der Waals surface area contributed by atoms with Crippen molar-refractivity contribution >= 4 is 11.3 Å². The summed E-state index contributed by atoms with van der Waals surface area (Å²) in [6.07, 6.45) is -3.15. The fourth-order valence-corrected chi connectivity index (χ4v) is 3.30.